The van der Waals surface area contributed by atoms with Crippen molar-refractivity contribution in [3.05, 3.63) is 452 Å². The molecule has 3 heteroatoms. The first-order valence-corrected chi connectivity index (χ1v) is 45.4. The van der Waals surface area contributed by atoms with Crippen molar-refractivity contribution < 1.29 is 0 Å². The number of nitrogens with zero attached hydrogens (tertiary/aromatic N) is 3. The highest BCUT2D eigenvalue weighted by atomic mass is 15.0. The van der Waals surface area contributed by atoms with Gasteiger partial charge in [0.25, 0.3) is 0 Å². The zero-order valence-corrected chi connectivity index (χ0v) is 74.7. The minimum absolute atomic E-state index is 0.0964. The van der Waals surface area contributed by atoms with Crippen molar-refractivity contribution in [2.24, 2.45) is 0 Å². The molecule has 24 aromatic rings. The average molecular weight is 1660 g/mol. The van der Waals surface area contributed by atoms with Crippen molar-refractivity contribution in [2.45, 2.75) is 80.1 Å². The topological polar surface area (TPSA) is 14.8 Å². The maximum atomic E-state index is 2.42. The van der Waals surface area contributed by atoms with Gasteiger partial charge in [-0.25, -0.2) is 0 Å². The van der Waals surface area contributed by atoms with E-state index in [4.69, 9.17) is 0 Å². The molecule has 21 aromatic carbocycles. The third kappa shape index (κ3) is 13.9. The maximum absolute atomic E-state index is 2.42. The summed E-state index contributed by atoms with van der Waals surface area (Å²) in [6.07, 6.45) is 0. The Morgan fingerprint density at radius 3 is 0.612 bits per heavy atom. The first-order chi connectivity index (χ1) is 62.9. The number of aryl methyl sites for hydroxylation is 4. The van der Waals surface area contributed by atoms with Crippen LogP contribution in [0.15, 0.2) is 419 Å². The molecule has 0 unspecified atom stereocenters. The second-order valence-corrected chi connectivity index (χ2v) is 37.3. The van der Waals surface area contributed by atoms with Crippen LogP contribution in [-0.4, -0.2) is 13.7 Å². The molecule has 0 aliphatic carbocycles. The van der Waals surface area contributed by atoms with Crippen LogP contribution in [0.5, 0.6) is 0 Å². The minimum atomic E-state index is 0.0964. The second kappa shape index (κ2) is 31.9. The molecule has 3 nitrogen and oxygen atoms in total. The molecule has 0 saturated carbocycles. The molecule has 0 aliphatic rings. The SMILES string of the molecule is CC(C)(C)c1ccc2c(c1)c1ccccc1n2-c1ccc(-c2c3ccccc3c(-c3ccccc3)c3ccccc23)cc1.Cc1ccc2c(-c3ccc(-n4c5ccc(C)cc5c5cc(C)ccc54)cc3)c3ccccc3c(-c3ccccc3)c2c1.Cc1ccc2c(-c3ccc(-n4c5ccccc5c5cc(C(C)(C)C)ccc54)cc3)c3ccccc3c(-c3ccccc3)c2c1. The van der Waals surface area contributed by atoms with Crippen LogP contribution >= 0.6 is 0 Å². The van der Waals surface area contributed by atoms with Gasteiger partial charge < -0.3 is 13.7 Å². The molecule has 0 amide bonds. The highest BCUT2D eigenvalue weighted by Crippen LogP contribution is 2.50. The van der Waals surface area contributed by atoms with Crippen LogP contribution in [0.1, 0.15) is 74.9 Å². The quantitative estimate of drug-likeness (QED) is 0.128. The Labute approximate surface area is 754 Å². The van der Waals surface area contributed by atoms with Crippen LogP contribution < -0.4 is 0 Å². The Morgan fingerprint density at radius 2 is 0.341 bits per heavy atom. The number of hydrogen-bond acceptors (Lipinski definition) is 0. The van der Waals surface area contributed by atoms with Gasteiger partial charge in [-0.1, -0.05) is 385 Å². The van der Waals surface area contributed by atoms with Gasteiger partial charge in [0.1, 0.15) is 0 Å². The molecule has 0 radical (unpaired) electrons. The van der Waals surface area contributed by atoms with Crippen molar-refractivity contribution in [2.75, 3.05) is 0 Å². The molecule has 0 bridgehead atoms. The zero-order chi connectivity index (χ0) is 87.5. The van der Waals surface area contributed by atoms with Crippen LogP contribution in [0, 0.1) is 27.7 Å². The summed E-state index contributed by atoms with van der Waals surface area (Å²) in [6.45, 7) is 22.4. The fraction of sp³-hybridized carbons (Fsp3) is 0.0952. The molecule has 24 rings (SSSR count). The molecule has 0 spiro atoms. The number of fused-ring (bicyclic) bond motifs is 15. The van der Waals surface area contributed by atoms with Crippen LogP contribution in [0.2, 0.25) is 0 Å². The molecular weight excluding hydrogens is 1560 g/mol. The lowest BCUT2D eigenvalue weighted by Crippen LogP contribution is -2.10. The van der Waals surface area contributed by atoms with E-state index in [1.165, 1.54) is 247 Å². The first kappa shape index (κ1) is 79.5. The summed E-state index contributed by atoms with van der Waals surface area (Å²) >= 11 is 0. The number of benzene rings is 21. The van der Waals surface area contributed by atoms with E-state index in [-0.39, 0.29) is 10.8 Å². The molecule has 129 heavy (non-hydrogen) atoms. The zero-order valence-electron chi connectivity index (χ0n) is 74.7. The summed E-state index contributed by atoms with van der Waals surface area (Å²) < 4.78 is 7.24. The van der Waals surface area contributed by atoms with Gasteiger partial charge in [0.2, 0.25) is 0 Å². The summed E-state index contributed by atoms with van der Waals surface area (Å²) in [5.41, 5.74) is 34.2. The molecule has 0 N–H and O–H groups in total. The second-order valence-electron chi connectivity index (χ2n) is 37.3. The normalized spacial score (nSPS) is 12.0. The molecule has 618 valence electrons. The number of para-hydroxylation sites is 2. The molecule has 3 heterocycles. The van der Waals surface area contributed by atoms with E-state index in [9.17, 15) is 0 Å². The van der Waals surface area contributed by atoms with Crippen molar-refractivity contribution in [1.29, 1.82) is 0 Å². The third-order valence-electron chi connectivity index (χ3n) is 26.9. The lowest BCUT2D eigenvalue weighted by Gasteiger charge is -2.19. The maximum Gasteiger partial charge on any atom is 0.0541 e. The average Bonchev–Trinajstić information content (AvgIpc) is 1.55. The van der Waals surface area contributed by atoms with E-state index in [1.54, 1.807) is 0 Å². The Balaban J connectivity index is 0.000000114. The minimum Gasteiger partial charge on any atom is -0.309 e. The van der Waals surface area contributed by atoms with Crippen molar-refractivity contribution in [3.8, 4) is 83.8 Å². The van der Waals surface area contributed by atoms with E-state index in [2.05, 4.69) is 502 Å². The molecule has 0 atom stereocenters. The molecule has 3 aromatic heterocycles. The number of aromatic nitrogens is 3. The number of rotatable bonds is 9. The predicted molar refractivity (Wildman–Crippen MR) is 556 cm³/mol. The van der Waals surface area contributed by atoms with E-state index in [1.807, 2.05) is 0 Å². The van der Waals surface area contributed by atoms with Gasteiger partial charge in [-0.2, -0.15) is 0 Å². The summed E-state index contributed by atoms with van der Waals surface area (Å²) in [5, 5.41) is 23.2. The monoisotopic (exact) mass is 1650 g/mol. The molecular formula is C126H99N3. The van der Waals surface area contributed by atoms with Gasteiger partial charge in [0.15, 0.2) is 0 Å². The van der Waals surface area contributed by atoms with Gasteiger partial charge in [-0.3, -0.25) is 0 Å². The molecule has 0 fully saturated rings. The van der Waals surface area contributed by atoms with Crippen LogP contribution in [-0.2, 0) is 10.8 Å². The summed E-state index contributed by atoms with van der Waals surface area (Å²) in [5.74, 6) is 0. The largest absolute Gasteiger partial charge is 0.309 e. The summed E-state index contributed by atoms with van der Waals surface area (Å²) in [6, 6.07) is 154. The smallest absolute Gasteiger partial charge is 0.0541 e. The predicted octanol–water partition coefficient (Wildman–Crippen LogP) is 35.1. The van der Waals surface area contributed by atoms with Crippen LogP contribution in [0.3, 0.4) is 0 Å². The highest BCUT2D eigenvalue weighted by Gasteiger charge is 2.26. The highest BCUT2D eigenvalue weighted by molar-refractivity contribution is 6.25. The fourth-order valence-electron chi connectivity index (χ4n) is 20.7. The van der Waals surface area contributed by atoms with Crippen molar-refractivity contribution in [1.82, 2.24) is 13.7 Å². The fourth-order valence-corrected chi connectivity index (χ4v) is 20.7. The summed E-state index contributed by atoms with van der Waals surface area (Å²) in [7, 11) is 0. The Morgan fingerprint density at radius 1 is 0.147 bits per heavy atom. The van der Waals surface area contributed by atoms with Crippen molar-refractivity contribution in [3.63, 3.8) is 0 Å². The molecule has 0 saturated heterocycles. The van der Waals surface area contributed by atoms with Gasteiger partial charge in [-0.15, -0.1) is 0 Å². The number of hydrogen-bond donors (Lipinski definition) is 0. The molecule has 0 aliphatic heterocycles. The Kier molecular flexibility index (Phi) is 19.7. The van der Waals surface area contributed by atoms with Gasteiger partial charge in [0.05, 0.1) is 33.1 Å². The lowest BCUT2D eigenvalue weighted by atomic mass is 9.85. The third-order valence-corrected chi connectivity index (χ3v) is 26.9. The van der Waals surface area contributed by atoms with Gasteiger partial charge in [0, 0.05) is 49.4 Å². The van der Waals surface area contributed by atoms with Gasteiger partial charge >= 0.3 is 0 Å². The van der Waals surface area contributed by atoms with Crippen LogP contribution in [0.25, 0.3) is 214 Å². The van der Waals surface area contributed by atoms with E-state index >= 15 is 0 Å². The Hall–Kier alpha value is -15.4. The van der Waals surface area contributed by atoms with E-state index in [0.717, 1.165) is 0 Å². The van der Waals surface area contributed by atoms with E-state index in [0.29, 0.717) is 0 Å². The van der Waals surface area contributed by atoms with E-state index < -0.39 is 0 Å². The van der Waals surface area contributed by atoms with Crippen molar-refractivity contribution >= 4 is 130 Å². The first-order valence-electron chi connectivity index (χ1n) is 45.4. The Bertz CT molecular complexity index is 8420. The lowest BCUT2D eigenvalue weighted by molar-refractivity contribution is 0.591. The standard InChI is InChI=1S/C43H35N.C42H33N.C41H31N/c1-28-18-24-36-38(26-28)42(29-12-6-5-7-13-29)35-16-9-8-15-34(35)41(36)30-19-22-32(23-20-30)44-39-17-11-10-14-33(39)37-27-31(43(2,3)4)21-25-40(37)44;1-42(2,3)30-23-26-39-37(27-30)32-15-11-12-20-38(32)43(39)31-24-21-29(22-25-31)41-35-18-9-7-16-33(35)40(28-13-5-4-6-14-28)34-17-8-10-19-36(34)41;1-26-13-20-34-37(25-26)41(29-9-5-4-6-10-29)33-12-8-7-11-32(33)40(34)30-16-18-31(19-17-30)42-38-21-14-27(2)23-35(38)36-24-28(3)15-22-39(36)42/h5-27H,1-4H3;4-27H,1-3H3;4-25H,1-3H3. The van der Waals surface area contributed by atoms with Gasteiger partial charge in [-0.05, 0) is 278 Å². The van der Waals surface area contributed by atoms with Crippen LogP contribution in [0.4, 0.5) is 0 Å². The summed E-state index contributed by atoms with van der Waals surface area (Å²) in [4.78, 5) is 0.